The average Bonchev–Trinajstić information content (AvgIpc) is 3.55. The predicted octanol–water partition coefficient (Wildman–Crippen LogP) is 14.1. The fourth-order valence-corrected chi connectivity index (χ4v) is 7.10. The topological polar surface area (TPSA) is 83.6 Å². The van der Waals surface area contributed by atoms with Crippen molar-refractivity contribution >= 4 is 45.7 Å². The van der Waals surface area contributed by atoms with Gasteiger partial charge in [-0.1, -0.05) is 83.1 Å². The number of hydrogen-bond acceptors (Lipinski definition) is 7. The molecule has 0 unspecified atom stereocenters. The van der Waals surface area contributed by atoms with Crippen molar-refractivity contribution in [3.05, 3.63) is 140 Å². The highest BCUT2D eigenvalue weighted by molar-refractivity contribution is 7.14. The number of carbonyl (C=O) groups is 2. The summed E-state index contributed by atoms with van der Waals surface area (Å²) in [4.78, 5) is 29.3. The van der Waals surface area contributed by atoms with Gasteiger partial charge in [-0.15, -0.1) is 21.6 Å². The molecule has 9 heteroatoms. The quantitative estimate of drug-likeness (QED) is 0.234. The molecular formula is C46H50F2N4O2S. The molecule has 0 atom stereocenters. The second-order valence-corrected chi connectivity index (χ2v) is 19.1. The van der Waals surface area contributed by atoms with Crippen molar-refractivity contribution < 1.29 is 18.4 Å². The van der Waals surface area contributed by atoms with Crippen molar-refractivity contribution in [2.45, 2.75) is 83.1 Å². The maximum Gasteiger partial charge on any atom is 0.186 e. The molecule has 6 nitrogen and oxygen atoms in total. The minimum Gasteiger partial charge on any atom is -0.289 e. The molecule has 0 amide bonds. The minimum absolute atomic E-state index is 0.00612. The second kappa shape index (κ2) is 15.3. The molecular weight excluding hydrogens is 711 g/mol. The number of ketones is 2. The van der Waals surface area contributed by atoms with Gasteiger partial charge >= 0.3 is 0 Å². The number of azo groups is 2. The molecule has 2 aliphatic carbocycles. The van der Waals surface area contributed by atoms with E-state index in [0.717, 1.165) is 9.75 Å². The first-order valence-corrected chi connectivity index (χ1v) is 19.2. The molecule has 0 spiro atoms. The van der Waals surface area contributed by atoms with Gasteiger partial charge in [0, 0.05) is 33.4 Å². The third-order valence-electron chi connectivity index (χ3n) is 9.21. The van der Waals surface area contributed by atoms with Gasteiger partial charge in [0.05, 0.1) is 21.1 Å². The highest BCUT2D eigenvalue weighted by atomic mass is 32.1. The van der Waals surface area contributed by atoms with E-state index in [1.54, 1.807) is 24.3 Å². The first kappa shape index (κ1) is 41.1. The largest absolute Gasteiger partial charge is 0.289 e. The molecule has 0 radical (unpaired) electrons. The van der Waals surface area contributed by atoms with Crippen molar-refractivity contribution in [2.24, 2.45) is 42.1 Å². The second-order valence-electron chi connectivity index (χ2n) is 18.0. The third kappa shape index (κ3) is 9.62. The Hall–Kier alpha value is -5.02. The van der Waals surface area contributed by atoms with Crippen LogP contribution in [0.4, 0.5) is 20.2 Å². The summed E-state index contributed by atoms with van der Waals surface area (Å²) in [5.74, 6) is -0.774. The summed E-state index contributed by atoms with van der Waals surface area (Å²) in [6, 6.07) is 15.4. The number of benzene rings is 2. The zero-order valence-corrected chi connectivity index (χ0v) is 34.7. The van der Waals surface area contributed by atoms with Gasteiger partial charge in [0.1, 0.15) is 23.0 Å². The molecule has 0 saturated carbocycles. The Kier molecular flexibility index (Phi) is 11.4. The maximum absolute atomic E-state index is 13.9. The Morgan fingerprint density at radius 1 is 0.455 bits per heavy atom. The number of nitrogens with zero attached hydrogens (tertiary/aromatic N) is 4. The Morgan fingerprint density at radius 2 is 0.727 bits per heavy atom. The van der Waals surface area contributed by atoms with Crippen LogP contribution in [-0.4, -0.2) is 11.6 Å². The zero-order chi connectivity index (χ0) is 40.7. The van der Waals surface area contributed by atoms with E-state index in [-0.39, 0.29) is 23.2 Å². The standard InChI is InChI=1S/C46H50F2N4O2S/c1-43(2,3)33-23-27(24-34(41(33)53)44(4,5)6)39(51-49-31-17-13-29(47)14-18-31)37-21-22-38(55-37)40(52-50-32-19-15-30(48)16-20-32)28-25-35(45(7,8)9)42(54)36(26-28)46(10,11)12/h13-26H,1-12H3/b51-49+,52-50+. The van der Waals surface area contributed by atoms with E-state index in [1.165, 1.54) is 35.6 Å². The van der Waals surface area contributed by atoms with Crippen LogP contribution < -0.4 is 0 Å². The van der Waals surface area contributed by atoms with Crippen LogP contribution in [0, 0.1) is 33.3 Å². The Labute approximate surface area is 328 Å². The Balaban J connectivity index is 1.82. The van der Waals surface area contributed by atoms with Gasteiger partial charge < -0.3 is 0 Å². The van der Waals surface area contributed by atoms with Gasteiger partial charge in [-0.3, -0.25) is 9.59 Å². The van der Waals surface area contributed by atoms with Crippen molar-refractivity contribution in [1.29, 1.82) is 0 Å². The monoisotopic (exact) mass is 760 g/mol. The lowest BCUT2D eigenvalue weighted by Crippen LogP contribution is -2.28. The van der Waals surface area contributed by atoms with Crippen LogP contribution in [-0.2, 0) is 9.59 Å². The number of Topliss-reactive ketones (excluding diaryl/α,β-unsaturated/α-hetero) is 2. The molecule has 2 aliphatic rings. The van der Waals surface area contributed by atoms with Gasteiger partial charge in [0.2, 0.25) is 0 Å². The fraction of sp³-hybridized carbons (Fsp3) is 0.348. The summed E-state index contributed by atoms with van der Waals surface area (Å²) in [6.07, 6.45) is 7.58. The van der Waals surface area contributed by atoms with E-state index in [1.807, 2.05) is 120 Å². The number of halogens is 2. The predicted molar refractivity (Wildman–Crippen MR) is 220 cm³/mol. The van der Waals surface area contributed by atoms with Crippen LogP contribution in [0.2, 0.25) is 0 Å². The first-order valence-electron chi connectivity index (χ1n) is 18.4. The Bertz CT molecular complexity index is 2030. The number of hydrogen-bond donors (Lipinski definition) is 0. The molecule has 0 bridgehead atoms. The van der Waals surface area contributed by atoms with Gasteiger partial charge in [-0.25, -0.2) is 8.78 Å². The van der Waals surface area contributed by atoms with Crippen LogP contribution in [0.3, 0.4) is 0 Å². The third-order valence-corrected chi connectivity index (χ3v) is 10.3. The summed E-state index contributed by atoms with van der Waals surface area (Å²) >= 11 is 1.42. The fourth-order valence-electron chi connectivity index (χ4n) is 6.08. The van der Waals surface area contributed by atoms with Crippen LogP contribution >= 0.6 is 11.3 Å². The van der Waals surface area contributed by atoms with Crippen molar-refractivity contribution in [3.8, 4) is 0 Å². The van der Waals surface area contributed by atoms with E-state index < -0.39 is 21.7 Å². The lowest BCUT2D eigenvalue weighted by Gasteiger charge is -2.31. The number of allylic oxidation sites excluding steroid dienone is 10. The highest BCUT2D eigenvalue weighted by Gasteiger charge is 2.36. The molecule has 2 aromatic carbocycles. The lowest BCUT2D eigenvalue weighted by atomic mass is 9.71. The molecule has 1 aromatic heterocycles. The van der Waals surface area contributed by atoms with Crippen LogP contribution in [0.25, 0.3) is 11.4 Å². The smallest absolute Gasteiger partial charge is 0.186 e. The van der Waals surface area contributed by atoms with E-state index in [0.29, 0.717) is 56.2 Å². The van der Waals surface area contributed by atoms with E-state index in [2.05, 4.69) is 10.2 Å². The lowest BCUT2D eigenvalue weighted by molar-refractivity contribution is -0.114. The molecule has 3 aromatic rings. The van der Waals surface area contributed by atoms with E-state index in [9.17, 15) is 18.4 Å². The summed E-state index contributed by atoms with van der Waals surface area (Å²) in [5.41, 5.74) is 4.17. The van der Waals surface area contributed by atoms with E-state index in [4.69, 9.17) is 10.2 Å². The summed E-state index contributed by atoms with van der Waals surface area (Å²) in [7, 11) is 0. The van der Waals surface area contributed by atoms with Crippen LogP contribution in [0.15, 0.2) is 139 Å². The molecule has 0 fully saturated rings. The summed E-state index contributed by atoms with van der Waals surface area (Å²) < 4.78 is 27.6. The zero-order valence-electron chi connectivity index (χ0n) is 33.9. The number of carbonyl (C=O) groups excluding carboxylic acids is 2. The molecule has 55 heavy (non-hydrogen) atoms. The first-order chi connectivity index (χ1) is 25.4. The van der Waals surface area contributed by atoms with Crippen molar-refractivity contribution in [3.63, 3.8) is 0 Å². The van der Waals surface area contributed by atoms with Crippen molar-refractivity contribution in [1.82, 2.24) is 0 Å². The molecule has 286 valence electrons. The summed E-state index contributed by atoms with van der Waals surface area (Å²) in [6.45, 7) is 24.2. The van der Waals surface area contributed by atoms with Gasteiger partial charge in [0.15, 0.2) is 11.6 Å². The molecule has 0 aliphatic heterocycles. The molecule has 0 saturated heterocycles. The molecule has 0 N–H and O–H groups in total. The maximum atomic E-state index is 13.9. The van der Waals surface area contributed by atoms with Gasteiger partial charge in [-0.05, 0) is 107 Å². The Morgan fingerprint density at radius 3 is 0.982 bits per heavy atom. The minimum atomic E-state index is -0.460. The van der Waals surface area contributed by atoms with Crippen LogP contribution in [0.5, 0.6) is 0 Å². The van der Waals surface area contributed by atoms with Gasteiger partial charge in [-0.2, -0.15) is 10.2 Å². The SMILES string of the molecule is CC(C)(C)C1=CC(=C(/N=N/c2ccc(F)cc2)c2ccc(C(/N=N/c3ccc(F)cc3)=C3C=C(C(C)(C)C)C(=O)C(C(C)(C)C)=C3)s2)C=C(C(C)(C)C)C1=O. The number of rotatable bonds is 6. The number of thiophene rings is 1. The van der Waals surface area contributed by atoms with E-state index >= 15 is 0 Å². The molecule has 1 heterocycles. The summed E-state index contributed by atoms with van der Waals surface area (Å²) in [5, 5.41) is 18.6. The van der Waals surface area contributed by atoms with Crippen LogP contribution in [0.1, 0.15) is 92.8 Å². The average molecular weight is 761 g/mol. The normalized spacial score (nSPS) is 16.1. The highest BCUT2D eigenvalue weighted by Crippen LogP contribution is 2.45. The van der Waals surface area contributed by atoms with Gasteiger partial charge in [0.25, 0.3) is 0 Å². The molecule has 5 rings (SSSR count). The van der Waals surface area contributed by atoms with Crippen molar-refractivity contribution in [2.75, 3.05) is 0 Å².